The predicted octanol–water partition coefficient (Wildman–Crippen LogP) is 4.55. The fourth-order valence-electron chi connectivity index (χ4n) is 3.47. The minimum absolute atomic E-state index is 0.0221. The monoisotopic (exact) mass is 485 g/mol. The van der Waals surface area contributed by atoms with E-state index in [4.69, 9.17) is 0 Å². The lowest BCUT2D eigenvalue weighted by Crippen LogP contribution is -2.33. The summed E-state index contributed by atoms with van der Waals surface area (Å²) in [6.45, 7) is 0.0313. The Morgan fingerprint density at radius 2 is 1.43 bits per heavy atom. The standard InChI is InChI=1S/C27H23N3O4S/c31-26-18-10-7-13-22(26)19-28-29-27(32)24-16-8-9-17-25(24)30(20-21-11-3-1-4-12-21)35(33,34)23-14-5-2-6-15-23/h1-19,31H,20H2,(H,29,32). The number of sulfonamides is 1. The zero-order valence-electron chi connectivity index (χ0n) is 18.7. The molecule has 4 rings (SSSR count). The van der Waals surface area contributed by atoms with Gasteiger partial charge in [-0.05, 0) is 42.0 Å². The summed E-state index contributed by atoms with van der Waals surface area (Å²) in [5.41, 5.74) is 3.97. The van der Waals surface area contributed by atoms with Crippen molar-refractivity contribution in [1.29, 1.82) is 0 Å². The van der Waals surface area contributed by atoms with E-state index in [1.165, 1.54) is 28.7 Å². The van der Waals surface area contributed by atoms with Gasteiger partial charge >= 0.3 is 0 Å². The molecule has 35 heavy (non-hydrogen) atoms. The smallest absolute Gasteiger partial charge is 0.273 e. The first-order chi connectivity index (χ1) is 17.0. The van der Waals surface area contributed by atoms with Crippen LogP contribution in [0.1, 0.15) is 21.5 Å². The molecule has 4 aromatic rings. The number of aromatic hydroxyl groups is 1. The molecular formula is C27H23N3O4S. The molecule has 0 radical (unpaired) electrons. The van der Waals surface area contributed by atoms with Crippen molar-refractivity contribution in [3.63, 3.8) is 0 Å². The summed E-state index contributed by atoms with van der Waals surface area (Å²) < 4.78 is 28.6. The summed E-state index contributed by atoms with van der Waals surface area (Å²) in [7, 11) is -4.00. The lowest BCUT2D eigenvalue weighted by Gasteiger charge is -2.26. The first-order valence-electron chi connectivity index (χ1n) is 10.8. The number of rotatable bonds is 8. The highest BCUT2D eigenvalue weighted by Crippen LogP contribution is 2.29. The molecule has 0 aliphatic heterocycles. The van der Waals surface area contributed by atoms with E-state index in [9.17, 15) is 18.3 Å². The SMILES string of the molecule is O=C(NN=Cc1ccccc1O)c1ccccc1N(Cc1ccccc1)S(=O)(=O)c1ccccc1. The number of phenols is 1. The van der Waals surface area contributed by atoms with E-state index in [0.29, 0.717) is 5.56 Å². The molecule has 176 valence electrons. The van der Waals surface area contributed by atoms with Gasteiger partial charge in [-0.3, -0.25) is 9.10 Å². The van der Waals surface area contributed by atoms with E-state index in [0.717, 1.165) is 5.56 Å². The van der Waals surface area contributed by atoms with E-state index in [1.807, 2.05) is 30.3 Å². The molecule has 2 N–H and O–H groups in total. The van der Waals surface area contributed by atoms with Gasteiger partial charge < -0.3 is 5.11 Å². The van der Waals surface area contributed by atoms with Crippen molar-refractivity contribution in [3.05, 3.63) is 126 Å². The van der Waals surface area contributed by atoms with Crippen LogP contribution in [0.3, 0.4) is 0 Å². The molecule has 0 unspecified atom stereocenters. The zero-order valence-corrected chi connectivity index (χ0v) is 19.5. The van der Waals surface area contributed by atoms with Gasteiger partial charge in [0, 0.05) is 5.56 Å². The molecule has 0 spiro atoms. The van der Waals surface area contributed by atoms with Crippen LogP contribution in [0.15, 0.2) is 119 Å². The van der Waals surface area contributed by atoms with Crippen LogP contribution in [0, 0.1) is 0 Å². The summed E-state index contributed by atoms with van der Waals surface area (Å²) in [6, 6.07) is 30.3. The summed E-state index contributed by atoms with van der Waals surface area (Å²) in [5.74, 6) is -0.567. The van der Waals surface area contributed by atoms with Crippen LogP contribution >= 0.6 is 0 Å². The lowest BCUT2D eigenvalue weighted by atomic mass is 10.1. The Hall–Kier alpha value is -4.43. The van der Waals surface area contributed by atoms with Crippen LogP contribution < -0.4 is 9.73 Å². The van der Waals surface area contributed by atoms with Crippen LogP contribution in [-0.4, -0.2) is 25.6 Å². The molecular weight excluding hydrogens is 462 g/mol. The second-order valence-electron chi connectivity index (χ2n) is 7.59. The number of nitrogens with one attached hydrogen (secondary N) is 1. The van der Waals surface area contributed by atoms with Gasteiger partial charge in [0.05, 0.1) is 28.9 Å². The summed E-state index contributed by atoms with van der Waals surface area (Å²) in [6.07, 6.45) is 1.32. The Bertz CT molecular complexity index is 1440. The maximum Gasteiger partial charge on any atom is 0.273 e. The summed E-state index contributed by atoms with van der Waals surface area (Å²) in [4.78, 5) is 13.2. The van der Waals surface area contributed by atoms with Crippen LogP contribution in [0.25, 0.3) is 0 Å². The number of hydrogen-bond donors (Lipinski definition) is 2. The van der Waals surface area contributed by atoms with E-state index in [-0.39, 0.29) is 28.4 Å². The number of carbonyl (C=O) groups is 1. The number of nitrogens with zero attached hydrogens (tertiary/aromatic N) is 2. The van der Waals surface area contributed by atoms with Gasteiger partial charge in [0.1, 0.15) is 5.75 Å². The number of para-hydroxylation sites is 2. The van der Waals surface area contributed by atoms with Gasteiger partial charge in [-0.2, -0.15) is 5.10 Å². The molecule has 0 aliphatic rings. The van der Waals surface area contributed by atoms with Gasteiger partial charge in [-0.15, -0.1) is 0 Å². The Morgan fingerprint density at radius 3 is 2.14 bits per heavy atom. The van der Waals surface area contributed by atoms with Gasteiger partial charge in [0.25, 0.3) is 15.9 Å². The van der Waals surface area contributed by atoms with Gasteiger partial charge in [-0.25, -0.2) is 13.8 Å². The largest absolute Gasteiger partial charge is 0.507 e. The molecule has 0 atom stereocenters. The topological polar surface area (TPSA) is 99.1 Å². The van der Waals surface area contributed by atoms with Crippen LogP contribution in [-0.2, 0) is 16.6 Å². The number of anilines is 1. The highest BCUT2D eigenvalue weighted by molar-refractivity contribution is 7.92. The van der Waals surface area contributed by atoms with E-state index >= 15 is 0 Å². The summed E-state index contributed by atoms with van der Waals surface area (Å²) >= 11 is 0. The van der Waals surface area contributed by atoms with Crippen LogP contribution in [0.5, 0.6) is 5.75 Å². The molecule has 0 aromatic heterocycles. The third-order valence-electron chi connectivity index (χ3n) is 5.22. The van der Waals surface area contributed by atoms with Gasteiger partial charge in [0.15, 0.2) is 0 Å². The molecule has 0 aliphatic carbocycles. The zero-order chi connectivity index (χ0) is 24.7. The Morgan fingerprint density at radius 1 is 0.829 bits per heavy atom. The number of phenolic OH excluding ortho intramolecular Hbond substituents is 1. The highest BCUT2D eigenvalue weighted by atomic mass is 32.2. The second-order valence-corrected chi connectivity index (χ2v) is 9.45. The fraction of sp³-hybridized carbons (Fsp3) is 0.0370. The van der Waals surface area contributed by atoms with Crippen LogP contribution in [0.4, 0.5) is 5.69 Å². The highest BCUT2D eigenvalue weighted by Gasteiger charge is 2.28. The molecule has 0 saturated carbocycles. The van der Waals surface area contributed by atoms with E-state index in [2.05, 4.69) is 10.5 Å². The van der Waals surface area contributed by atoms with Crippen molar-refractivity contribution in [2.24, 2.45) is 5.10 Å². The van der Waals surface area contributed by atoms with Crippen molar-refractivity contribution in [2.45, 2.75) is 11.4 Å². The number of amides is 1. The number of hydrazone groups is 1. The number of benzene rings is 4. The van der Waals surface area contributed by atoms with Crippen molar-refractivity contribution in [3.8, 4) is 5.75 Å². The van der Waals surface area contributed by atoms with E-state index < -0.39 is 15.9 Å². The third kappa shape index (κ3) is 5.56. The molecule has 0 bridgehead atoms. The van der Waals surface area contributed by atoms with Gasteiger partial charge in [-0.1, -0.05) is 72.8 Å². The minimum Gasteiger partial charge on any atom is -0.507 e. The van der Waals surface area contributed by atoms with Crippen LogP contribution in [0.2, 0.25) is 0 Å². The number of hydrogen-bond acceptors (Lipinski definition) is 5. The van der Waals surface area contributed by atoms with Gasteiger partial charge in [0.2, 0.25) is 0 Å². The Labute approximate surface area is 204 Å². The van der Waals surface area contributed by atoms with Crippen molar-refractivity contribution < 1.29 is 18.3 Å². The molecule has 4 aromatic carbocycles. The normalized spacial score (nSPS) is 11.3. The molecule has 0 fully saturated rings. The first kappa shape index (κ1) is 23.7. The molecule has 1 amide bonds. The average molecular weight is 486 g/mol. The minimum atomic E-state index is -4.00. The first-order valence-corrected chi connectivity index (χ1v) is 12.2. The lowest BCUT2D eigenvalue weighted by molar-refractivity contribution is 0.0955. The predicted molar refractivity (Wildman–Crippen MR) is 136 cm³/mol. The van der Waals surface area contributed by atoms with Crippen molar-refractivity contribution >= 4 is 27.8 Å². The molecule has 7 nitrogen and oxygen atoms in total. The Balaban J connectivity index is 1.70. The average Bonchev–Trinajstić information content (AvgIpc) is 2.89. The number of carbonyl (C=O) groups excluding carboxylic acids is 1. The maximum absolute atomic E-state index is 13.7. The molecule has 8 heteroatoms. The maximum atomic E-state index is 13.7. The van der Waals surface area contributed by atoms with Crippen molar-refractivity contribution in [2.75, 3.05) is 4.31 Å². The van der Waals surface area contributed by atoms with E-state index in [1.54, 1.807) is 60.7 Å². The molecule has 0 saturated heterocycles. The summed E-state index contributed by atoms with van der Waals surface area (Å²) in [5, 5.41) is 13.8. The molecule has 0 heterocycles. The van der Waals surface area contributed by atoms with Crippen molar-refractivity contribution in [1.82, 2.24) is 5.43 Å². The Kier molecular flexibility index (Phi) is 7.23. The fourth-order valence-corrected chi connectivity index (χ4v) is 4.96. The quantitative estimate of drug-likeness (QED) is 0.282. The second kappa shape index (κ2) is 10.7. The third-order valence-corrected chi connectivity index (χ3v) is 7.00.